The quantitative estimate of drug-likeness (QED) is 0.714. The van der Waals surface area contributed by atoms with Crippen LogP contribution in [0.4, 0.5) is 13.2 Å². The first-order valence-corrected chi connectivity index (χ1v) is 5.64. The van der Waals surface area contributed by atoms with Gasteiger partial charge in [0.15, 0.2) is 0 Å². The fourth-order valence-electron chi connectivity index (χ4n) is 1.63. The van der Waals surface area contributed by atoms with Gasteiger partial charge in [-0.2, -0.15) is 13.2 Å². The Hall–Kier alpha value is -0.820. The van der Waals surface area contributed by atoms with Crippen molar-refractivity contribution < 1.29 is 22.7 Å². The molecule has 0 aromatic carbocycles. The molecule has 0 saturated carbocycles. The second kappa shape index (κ2) is 6.80. The van der Waals surface area contributed by atoms with Crippen molar-refractivity contribution >= 4 is 5.91 Å². The maximum absolute atomic E-state index is 11.7. The van der Waals surface area contributed by atoms with E-state index < -0.39 is 12.8 Å². The Labute approximate surface area is 97.9 Å². The molecule has 1 aliphatic heterocycles. The summed E-state index contributed by atoms with van der Waals surface area (Å²) in [5.74, 6) is -0.166. The predicted octanol–water partition coefficient (Wildman–Crippen LogP) is 0.824. The molecule has 0 aromatic rings. The van der Waals surface area contributed by atoms with Crippen LogP contribution in [0.5, 0.6) is 0 Å². The van der Waals surface area contributed by atoms with Gasteiger partial charge in [-0.25, -0.2) is 0 Å². The summed E-state index contributed by atoms with van der Waals surface area (Å²) < 4.78 is 39.5. The molecule has 100 valence electrons. The molecule has 17 heavy (non-hydrogen) atoms. The van der Waals surface area contributed by atoms with Crippen LogP contribution in [-0.4, -0.2) is 44.4 Å². The van der Waals surface area contributed by atoms with Gasteiger partial charge in [-0.3, -0.25) is 4.79 Å². The third-order valence-electron chi connectivity index (χ3n) is 2.44. The molecule has 1 atom stereocenters. The van der Waals surface area contributed by atoms with E-state index in [4.69, 9.17) is 0 Å². The van der Waals surface area contributed by atoms with Crippen molar-refractivity contribution in [2.45, 2.75) is 31.5 Å². The van der Waals surface area contributed by atoms with Gasteiger partial charge in [-0.15, -0.1) is 0 Å². The Bertz CT molecular complexity index is 240. The van der Waals surface area contributed by atoms with E-state index in [9.17, 15) is 18.0 Å². The normalized spacial score (nSPS) is 21.2. The van der Waals surface area contributed by atoms with Gasteiger partial charge < -0.3 is 15.4 Å². The molecule has 1 saturated heterocycles. The van der Waals surface area contributed by atoms with Crippen LogP contribution in [-0.2, 0) is 9.53 Å². The minimum atomic E-state index is -4.31. The number of rotatable bonds is 5. The highest BCUT2D eigenvalue weighted by atomic mass is 19.4. The monoisotopic (exact) mass is 254 g/mol. The van der Waals surface area contributed by atoms with Crippen LogP contribution in [0.15, 0.2) is 0 Å². The number of hydrogen-bond acceptors (Lipinski definition) is 3. The van der Waals surface area contributed by atoms with Crippen molar-refractivity contribution in [1.82, 2.24) is 10.6 Å². The summed E-state index contributed by atoms with van der Waals surface area (Å²) in [7, 11) is 0. The molecule has 7 heteroatoms. The van der Waals surface area contributed by atoms with Gasteiger partial charge in [-0.1, -0.05) is 6.42 Å². The molecule has 1 heterocycles. The standard InChI is InChI=1S/C10H17F3N2O2/c11-10(12,13)7-17-6-5-15-9(16)8-3-1-2-4-14-8/h8,14H,1-7H2,(H,15,16)/t8-/m1/s1. The number of carbonyl (C=O) groups excluding carboxylic acids is 1. The largest absolute Gasteiger partial charge is 0.411 e. The third-order valence-corrected chi connectivity index (χ3v) is 2.44. The van der Waals surface area contributed by atoms with Crippen molar-refractivity contribution in [2.75, 3.05) is 26.3 Å². The van der Waals surface area contributed by atoms with Crippen LogP contribution in [0.25, 0.3) is 0 Å². The molecule has 1 aliphatic rings. The summed E-state index contributed by atoms with van der Waals surface area (Å²) in [5.41, 5.74) is 0. The zero-order valence-corrected chi connectivity index (χ0v) is 9.48. The molecule has 0 aliphatic carbocycles. The van der Waals surface area contributed by atoms with Gasteiger partial charge in [0.2, 0.25) is 5.91 Å². The summed E-state index contributed by atoms with van der Waals surface area (Å²) in [6, 6.07) is -0.216. The minimum absolute atomic E-state index is 0.104. The first-order valence-electron chi connectivity index (χ1n) is 5.64. The van der Waals surface area contributed by atoms with Crippen LogP contribution in [0, 0.1) is 0 Å². The first-order chi connectivity index (χ1) is 7.99. The topological polar surface area (TPSA) is 50.4 Å². The Balaban J connectivity index is 2.04. The van der Waals surface area contributed by atoms with E-state index in [-0.39, 0.29) is 25.1 Å². The van der Waals surface area contributed by atoms with Gasteiger partial charge in [0.05, 0.1) is 12.6 Å². The second-order valence-electron chi connectivity index (χ2n) is 3.96. The Morgan fingerprint density at radius 1 is 1.41 bits per heavy atom. The van der Waals surface area contributed by atoms with Gasteiger partial charge in [0.1, 0.15) is 6.61 Å². The molecular formula is C10H17F3N2O2. The molecule has 0 unspecified atom stereocenters. The van der Waals surface area contributed by atoms with Gasteiger partial charge >= 0.3 is 6.18 Å². The van der Waals surface area contributed by atoms with E-state index in [1.165, 1.54) is 0 Å². The summed E-state index contributed by atoms with van der Waals surface area (Å²) in [6.45, 7) is -0.488. The number of carbonyl (C=O) groups is 1. The van der Waals surface area contributed by atoms with Crippen molar-refractivity contribution in [3.05, 3.63) is 0 Å². The van der Waals surface area contributed by atoms with Crippen molar-refractivity contribution in [2.24, 2.45) is 0 Å². The van der Waals surface area contributed by atoms with Gasteiger partial charge in [0.25, 0.3) is 0 Å². The number of ether oxygens (including phenoxy) is 1. The van der Waals surface area contributed by atoms with Crippen molar-refractivity contribution in [3.63, 3.8) is 0 Å². The first kappa shape index (κ1) is 14.2. The number of nitrogens with one attached hydrogen (secondary N) is 2. The molecule has 0 spiro atoms. The predicted molar refractivity (Wildman–Crippen MR) is 55.5 cm³/mol. The van der Waals surface area contributed by atoms with E-state index in [2.05, 4.69) is 15.4 Å². The minimum Gasteiger partial charge on any atom is -0.370 e. The lowest BCUT2D eigenvalue weighted by molar-refractivity contribution is -0.173. The maximum atomic E-state index is 11.7. The Kier molecular flexibility index (Phi) is 5.70. The summed E-state index contributed by atoms with van der Waals surface area (Å²) in [6.07, 6.45) is -1.49. The van der Waals surface area contributed by atoms with Crippen LogP contribution in [0.1, 0.15) is 19.3 Å². The van der Waals surface area contributed by atoms with E-state index in [1.807, 2.05) is 0 Å². The average molecular weight is 254 g/mol. The van der Waals surface area contributed by atoms with Gasteiger partial charge in [0, 0.05) is 6.54 Å². The van der Waals surface area contributed by atoms with Crippen LogP contribution in [0.2, 0.25) is 0 Å². The molecule has 4 nitrogen and oxygen atoms in total. The lowest BCUT2D eigenvalue weighted by Gasteiger charge is -2.22. The van der Waals surface area contributed by atoms with Crippen molar-refractivity contribution in [3.8, 4) is 0 Å². The van der Waals surface area contributed by atoms with Crippen LogP contribution >= 0.6 is 0 Å². The number of alkyl halides is 3. The highest BCUT2D eigenvalue weighted by Gasteiger charge is 2.27. The fraction of sp³-hybridized carbons (Fsp3) is 0.900. The molecule has 0 bridgehead atoms. The maximum Gasteiger partial charge on any atom is 0.411 e. The number of hydrogen-bond donors (Lipinski definition) is 2. The third kappa shape index (κ3) is 6.48. The van der Waals surface area contributed by atoms with Crippen LogP contribution in [0.3, 0.4) is 0 Å². The highest BCUT2D eigenvalue weighted by molar-refractivity contribution is 5.81. The molecule has 2 N–H and O–H groups in total. The molecule has 1 amide bonds. The summed E-state index contributed by atoms with van der Waals surface area (Å²) in [5, 5.41) is 5.60. The highest BCUT2D eigenvalue weighted by Crippen LogP contribution is 2.14. The van der Waals surface area contributed by atoms with Crippen LogP contribution < -0.4 is 10.6 Å². The lowest BCUT2D eigenvalue weighted by atomic mass is 10.0. The number of amides is 1. The van der Waals surface area contributed by atoms with E-state index in [0.717, 1.165) is 25.8 Å². The van der Waals surface area contributed by atoms with Crippen molar-refractivity contribution in [1.29, 1.82) is 0 Å². The average Bonchev–Trinajstić information content (AvgIpc) is 2.28. The molecule has 1 rings (SSSR count). The smallest absolute Gasteiger partial charge is 0.370 e. The van der Waals surface area contributed by atoms with E-state index in [0.29, 0.717) is 0 Å². The zero-order chi connectivity index (χ0) is 12.7. The molecular weight excluding hydrogens is 237 g/mol. The molecule has 1 fully saturated rings. The second-order valence-corrected chi connectivity index (χ2v) is 3.96. The summed E-state index contributed by atoms with van der Waals surface area (Å²) >= 11 is 0. The lowest BCUT2D eigenvalue weighted by Crippen LogP contribution is -2.47. The Morgan fingerprint density at radius 3 is 2.76 bits per heavy atom. The molecule has 0 radical (unpaired) electrons. The fourth-order valence-corrected chi connectivity index (χ4v) is 1.63. The zero-order valence-electron chi connectivity index (χ0n) is 9.48. The molecule has 0 aromatic heterocycles. The number of piperidine rings is 1. The Morgan fingerprint density at radius 2 is 2.18 bits per heavy atom. The summed E-state index contributed by atoms with van der Waals surface area (Å²) in [4.78, 5) is 11.5. The van der Waals surface area contributed by atoms with E-state index in [1.54, 1.807) is 0 Å². The number of halogens is 3. The van der Waals surface area contributed by atoms with Gasteiger partial charge in [-0.05, 0) is 19.4 Å². The van der Waals surface area contributed by atoms with E-state index >= 15 is 0 Å². The SMILES string of the molecule is O=C(NCCOCC(F)(F)F)[C@H]1CCCCN1.